The van der Waals surface area contributed by atoms with Crippen LogP contribution in [0.2, 0.25) is 5.02 Å². The van der Waals surface area contributed by atoms with Crippen molar-refractivity contribution in [1.29, 1.82) is 5.26 Å². The summed E-state index contributed by atoms with van der Waals surface area (Å²) in [5.74, 6) is 0.492. The molecular weight excluding hydrogens is 255 g/mol. The highest BCUT2D eigenvalue weighted by Gasteiger charge is 2.24. The van der Waals surface area contributed by atoms with Crippen molar-refractivity contribution in [2.75, 3.05) is 13.1 Å². The average molecular weight is 271 g/mol. The van der Waals surface area contributed by atoms with Gasteiger partial charge in [-0.05, 0) is 49.5 Å². The van der Waals surface area contributed by atoms with E-state index in [4.69, 9.17) is 11.6 Å². The van der Waals surface area contributed by atoms with Crippen molar-refractivity contribution in [2.24, 2.45) is 5.92 Å². The van der Waals surface area contributed by atoms with E-state index in [2.05, 4.69) is 11.4 Å². The first kappa shape index (κ1) is 14.3. The minimum absolute atomic E-state index is 0. The van der Waals surface area contributed by atoms with Gasteiger partial charge in [0.1, 0.15) is 0 Å². The lowest BCUT2D eigenvalue weighted by Gasteiger charge is -2.26. The molecule has 4 heteroatoms. The summed E-state index contributed by atoms with van der Waals surface area (Å²) < 4.78 is 0. The van der Waals surface area contributed by atoms with Crippen LogP contribution in [0.1, 0.15) is 24.3 Å². The van der Waals surface area contributed by atoms with Gasteiger partial charge in [0.25, 0.3) is 0 Å². The number of halogens is 2. The molecule has 92 valence electrons. The Kier molecular flexibility index (Phi) is 5.77. The van der Waals surface area contributed by atoms with Crippen molar-refractivity contribution in [1.82, 2.24) is 5.32 Å². The van der Waals surface area contributed by atoms with Gasteiger partial charge in [0.05, 0.1) is 12.0 Å². The fraction of sp³-hybridized carbons (Fsp3) is 0.462. The fourth-order valence-electron chi connectivity index (χ4n) is 2.30. The van der Waals surface area contributed by atoms with E-state index in [0.29, 0.717) is 5.92 Å². The summed E-state index contributed by atoms with van der Waals surface area (Å²) >= 11 is 5.85. The molecular formula is C13H16Cl2N2. The third-order valence-corrected chi connectivity index (χ3v) is 3.48. The van der Waals surface area contributed by atoms with Gasteiger partial charge in [-0.25, -0.2) is 0 Å². The second kappa shape index (κ2) is 6.86. The predicted octanol–water partition coefficient (Wildman–Crippen LogP) is 3.37. The number of rotatable bonds is 2. The molecule has 0 radical (unpaired) electrons. The van der Waals surface area contributed by atoms with E-state index in [0.717, 1.165) is 36.5 Å². The molecule has 1 unspecified atom stereocenters. The van der Waals surface area contributed by atoms with Gasteiger partial charge in [-0.2, -0.15) is 5.26 Å². The number of nitriles is 1. The first-order valence-electron chi connectivity index (χ1n) is 5.67. The molecule has 2 nitrogen and oxygen atoms in total. The summed E-state index contributed by atoms with van der Waals surface area (Å²) in [7, 11) is 0. The van der Waals surface area contributed by atoms with E-state index in [1.807, 2.05) is 24.3 Å². The lowest BCUT2D eigenvalue weighted by Crippen LogP contribution is -2.30. The normalized spacial score (nSPS) is 17.9. The zero-order valence-electron chi connectivity index (χ0n) is 9.53. The Balaban J connectivity index is 0.00000144. The summed E-state index contributed by atoms with van der Waals surface area (Å²) in [5.41, 5.74) is 1.10. The van der Waals surface area contributed by atoms with E-state index >= 15 is 0 Å². The van der Waals surface area contributed by atoms with E-state index in [-0.39, 0.29) is 18.3 Å². The predicted molar refractivity (Wildman–Crippen MR) is 72.6 cm³/mol. The maximum Gasteiger partial charge on any atom is 0.0741 e. The summed E-state index contributed by atoms with van der Waals surface area (Å²) in [4.78, 5) is 0. The van der Waals surface area contributed by atoms with Gasteiger partial charge in [-0.15, -0.1) is 12.4 Å². The van der Waals surface area contributed by atoms with Gasteiger partial charge in [-0.1, -0.05) is 23.7 Å². The van der Waals surface area contributed by atoms with Crippen LogP contribution in [-0.4, -0.2) is 13.1 Å². The largest absolute Gasteiger partial charge is 0.317 e. The zero-order valence-corrected chi connectivity index (χ0v) is 11.1. The first-order valence-corrected chi connectivity index (χ1v) is 6.05. The molecule has 0 bridgehead atoms. The van der Waals surface area contributed by atoms with Gasteiger partial charge in [0, 0.05) is 5.02 Å². The van der Waals surface area contributed by atoms with Crippen LogP contribution in [0.4, 0.5) is 0 Å². The van der Waals surface area contributed by atoms with E-state index in [1.54, 1.807) is 0 Å². The van der Waals surface area contributed by atoms with Crippen LogP contribution in [0.15, 0.2) is 24.3 Å². The number of nitrogens with zero attached hydrogens (tertiary/aromatic N) is 1. The Morgan fingerprint density at radius 2 is 1.82 bits per heavy atom. The lowest BCUT2D eigenvalue weighted by molar-refractivity contribution is 0.351. The van der Waals surface area contributed by atoms with Crippen molar-refractivity contribution < 1.29 is 0 Å². The molecule has 1 saturated heterocycles. The van der Waals surface area contributed by atoms with E-state index in [1.165, 1.54) is 0 Å². The highest BCUT2D eigenvalue weighted by molar-refractivity contribution is 6.30. The highest BCUT2D eigenvalue weighted by atomic mass is 35.5. The molecule has 1 fully saturated rings. The van der Waals surface area contributed by atoms with Crippen LogP contribution >= 0.6 is 24.0 Å². The molecule has 1 aromatic carbocycles. The minimum atomic E-state index is 0. The smallest absolute Gasteiger partial charge is 0.0741 e. The maximum atomic E-state index is 9.30. The van der Waals surface area contributed by atoms with Crippen LogP contribution in [0.25, 0.3) is 0 Å². The Hall–Kier alpha value is -0.750. The molecule has 0 spiro atoms. The Morgan fingerprint density at radius 1 is 1.24 bits per heavy atom. The van der Waals surface area contributed by atoms with Crippen molar-refractivity contribution in [3.63, 3.8) is 0 Å². The average Bonchev–Trinajstić information content (AvgIpc) is 2.34. The number of nitrogens with one attached hydrogen (secondary N) is 1. The van der Waals surface area contributed by atoms with Crippen molar-refractivity contribution in [3.8, 4) is 6.07 Å². The van der Waals surface area contributed by atoms with Crippen LogP contribution < -0.4 is 5.32 Å². The number of hydrogen-bond donors (Lipinski definition) is 1. The zero-order chi connectivity index (χ0) is 11.4. The molecule has 1 heterocycles. The number of piperidine rings is 1. The molecule has 0 saturated carbocycles. The summed E-state index contributed by atoms with van der Waals surface area (Å²) in [6, 6.07) is 10.1. The molecule has 0 amide bonds. The second-order valence-electron chi connectivity index (χ2n) is 4.25. The van der Waals surface area contributed by atoms with Crippen LogP contribution in [-0.2, 0) is 0 Å². The van der Waals surface area contributed by atoms with Gasteiger partial charge >= 0.3 is 0 Å². The molecule has 1 atom stereocenters. The topological polar surface area (TPSA) is 35.8 Å². The highest BCUT2D eigenvalue weighted by Crippen LogP contribution is 2.30. The van der Waals surface area contributed by atoms with E-state index < -0.39 is 0 Å². The molecule has 17 heavy (non-hydrogen) atoms. The van der Waals surface area contributed by atoms with Crippen LogP contribution in [0, 0.1) is 17.2 Å². The molecule has 0 aliphatic carbocycles. The molecule has 0 aromatic heterocycles. The van der Waals surface area contributed by atoms with Crippen LogP contribution in [0.5, 0.6) is 0 Å². The molecule has 1 N–H and O–H groups in total. The Bertz CT molecular complexity index is 377. The molecule has 1 aromatic rings. The van der Waals surface area contributed by atoms with Gasteiger partial charge in [0.15, 0.2) is 0 Å². The SMILES string of the molecule is Cl.N#CC(c1ccc(Cl)cc1)C1CCNCC1. The molecule has 2 rings (SSSR count). The molecule has 1 aliphatic heterocycles. The Labute approximate surface area is 113 Å². The Morgan fingerprint density at radius 3 is 2.35 bits per heavy atom. The van der Waals surface area contributed by atoms with Gasteiger partial charge in [-0.3, -0.25) is 0 Å². The van der Waals surface area contributed by atoms with Gasteiger partial charge in [0.2, 0.25) is 0 Å². The third-order valence-electron chi connectivity index (χ3n) is 3.22. The third kappa shape index (κ3) is 3.61. The van der Waals surface area contributed by atoms with Gasteiger partial charge < -0.3 is 5.32 Å². The maximum absolute atomic E-state index is 9.30. The van der Waals surface area contributed by atoms with Crippen molar-refractivity contribution in [3.05, 3.63) is 34.9 Å². The fourth-order valence-corrected chi connectivity index (χ4v) is 2.43. The quantitative estimate of drug-likeness (QED) is 0.895. The summed E-state index contributed by atoms with van der Waals surface area (Å²) in [6.07, 6.45) is 2.17. The first-order chi connectivity index (χ1) is 7.81. The monoisotopic (exact) mass is 270 g/mol. The summed E-state index contributed by atoms with van der Waals surface area (Å²) in [6.45, 7) is 2.05. The number of hydrogen-bond acceptors (Lipinski definition) is 2. The van der Waals surface area contributed by atoms with Crippen molar-refractivity contribution in [2.45, 2.75) is 18.8 Å². The van der Waals surface area contributed by atoms with Crippen molar-refractivity contribution >= 4 is 24.0 Å². The minimum Gasteiger partial charge on any atom is -0.317 e. The summed E-state index contributed by atoms with van der Waals surface area (Å²) in [5, 5.41) is 13.3. The second-order valence-corrected chi connectivity index (χ2v) is 4.68. The standard InChI is InChI=1S/C13H15ClN2.ClH/c14-12-3-1-10(2-4-12)13(9-15)11-5-7-16-8-6-11;/h1-4,11,13,16H,5-8H2;1H. The van der Waals surface area contributed by atoms with E-state index in [9.17, 15) is 5.26 Å². The molecule has 1 aliphatic rings. The lowest BCUT2D eigenvalue weighted by atomic mass is 9.81. The van der Waals surface area contributed by atoms with Crippen LogP contribution in [0.3, 0.4) is 0 Å². The number of benzene rings is 1.